The van der Waals surface area contributed by atoms with Crippen molar-refractivity contribution in [3.05, 3.63) is 23.8 Å². The predicted molar refractivity (Wildman–Crippen MR) is 82.4 cm³/mol. The second kappa shape index (κ2) is 6.14. The number of nitrogens with one attached hydrogen (secondary N) is 1. The zero-order valence-corrected chi connectivity index (χ0v) is 13.5. The molecule has 7 heteroatoms. The summed E-state index contributed by atoms with van der Waals surface area (Å²) in [7, 11) is 1.44. The molecule has 23 heavy (non-hydrogen) atoms. The topological polar surface area (TPSA) is 84.4 Å². The average molecular weight is 318 g/mol. The van der Waals surface area contributed by atoms with E-state index >= 15 is 0 Å². The van der Waals surface area contributed by atoms with Gasteiger partial charge in [0.05, 0.1) is 25.3 Å². The van der Waals surface area contributed by atoms with Crippen LogP contribution in [0.3, 0.4) is 0 Å². The monoisotopic (exact) mass is 318 g/mol. The van der Waals surface area contributed by atoms with E-state index in [4.69, 9.17) is 4.74 Å². The Balaban J connectivity index is 1.47. The summed E-state index contributed by atoms with van der Waals surface area (Å²) in [6.45, 7) is 3.58. The molecular formula is C16H22N4O3. The number of piperidine rings is 1. The van der Waals surface area contributed by atoms with Crippen molar-refractivity contribution in [2.24, 2.45) is 11.3 Å². The maximum atomic E-state index is 12.2. The molecule has 1 atom stereocenters. The fraction of sp³-hybridized carbons (Fsp3) is 0.625. The zero-order valence-electron chi connectivity index (χ0n) is 13.5. The quantitative estimate of drug-likeness (QED) is 0.848. The van der Waals surface area contributed by atoms with Gasteiger partial charge in [0.25, 0.3) is 0 Å². The van der Waals surface area contributed by atoms with Crippen LogP contribution in [0, 0.1) is 18.3 Å². The first kappa shape index (κ1) is 15.7. The molecule has 2 fully saturated rings. The van der Waals surface area contributed by atoms with Gasteiger partial charge in [-0.2, -0.15) is 0 Å². The largest absolute Gasteiger partial charge is 0.469 e. The molecule has 1 aromatic rings. The minimum absolute atomic E-state index is 0.0294. The molecule has 1 spiro atoms. The Morgan fingerprint density at radius 1 is 1.43 bits per heavy atom. The van der Waals surface area contributed by atoms with E-state index in [-0.39, 0.29) is 23.3 Å². The van der Waals surface area contributed by atoms with Crippen LogP contribution in [-0.2, 0) is 16.1 Å². The molecule has 2 amide bonds. The summed E-state index contributed by atoms with van der Waals surface area (Å²) in [6, 6.07) is 1.72. The number of nitrogens with zero attached hydrogens (tertiary/aromatic N) is 3. The van der Waals surface area contributed by atoms with Crippen LogP contribution in [0.5, 0.6) is 0 Å². The lowest BCUT2D eigenvalue weighted by Gasteiger charge is -2.32. The number of aromatic nitrogens is 2. The van der Waals surface area contributed by atoms with Gasteiger partial charge in [0.2, 0.25) is 0 Å². The fourth-order valence-electron chi connectivity index (χ4n) is 3.41. The molecule has 1 saturated heterocycles. The van der Waals surface area contributed by atoms with Crippen LogP contribution in [0.4, 0.5) is 4.79 Å². The third-order valence-corrected chi connectivity index (χ3v) is 4.98. The van der Waals surface area contributed by atoms with Crippen LogP contribution in [0.1, 0.15) is 30.8 Å². The number of urea groups is 1. The molecule has 1 aliphatic carbocycles. The van der Waals surface area contributed by atoms with E-state index in [1.54, 1.807) is 12.3 Å². The molecular weight excluding hydrogens is 296 g/mol. The molecule has 3 rings (SSSR count). The lowest BCUT2D eigenvalue weighted by molar-refractivity contribution is -0.143. The lowest BCUT2D eigenvalue weighted by Crippen LogP contribution is -2.45. The highest BCUT2D eigenvalue weighted by Crippen LogP contribution is 2.59. The van der Waals surface area contributed by atoms with Gasteiger partial charge in [-0.1, -0.05) is 0 Å². The number of esters is 1. The number of amides is 2. The third kappa shape index (κ3) is 3.28. The first-order valence-electron chi connectivity index (χ1n) is 7.93. The number of likely N-dealkylation sites (tertiary alicyclic amines) is 1. The van der Waals surface area contributed by atoms with E-state index in [2.05, 4.69) is 15.3 Å². The summed E-state index contributed by atoms with van der Waals surface area (Å²) in [5.74, 6) is 0.614. The number of rotatable bonds is 3. The second-order valence-corrected chi connectivity index (χ2v) is 6.38. The van der Waals surface area contributed by atoms with Crippen molar-refractivity contribution in [3.63, 3.8) is 0 Å². The number of carbonyl (C=O) groups is 2. The number of methoxy groups -OCH3 is 1. The Morgan fingerprint density at radius 3 is 2.83 bits per heavy atom. The van der Waals surface area contributed by atoms with Gasteiger partial charge in [0.15, 0.2) is 0 Å². The van der Waals surface area contributed by atoms with Crippen molar-refractivity contribution in [1.29, 1.82) is 0 Å². The Morgan fingerprint density at radius 2 is 2.17 bits per heavy atom. The summed E-state index contributed by atoms with van der Waals surface area (Å²) in [6.07, 6.45) is 4.32. The smallest absolute Gasteiger partial charge is 0.317 e. The zero-order chi connectivity index (χ0) is 16.4. The van der Waals surface area contributed by atoms with E-state index in [9.17, 15) is 9.59 Å². The maximum absolute atomic E-state index is 12.2. The molecule has 0 aromatic carbocycles. The second-order valence-electron chi connectivity index (χ2n) is 6.38. The summed E-state index contributed by atoms with van der Waals surface area (Å²) in [4.78, 5) is 34.0. The lowest BCUT2D eigenvalue weighted by atomic mass is 9.91. The van der Waals surface area contributed by atoms with Gasteiger partial charge in [-0.05, 0) is 37.7 Å². The molecule has 1 aliphatic heterocycles. The predicted octanol–water partition coefficient (Wildman–Crippen LogP) is 1.27. The Bertz CT molecular complexity index is 611. The van der Waals surface area contributed by atoms with E-state index < -0.39 is 0 Å². The summed E-state index contributed by atoms with van der Waals surface area (Å²) in [5.41, 5.74) is 0.875. The molecule has 1 N–H and O–H groups in total. The molecule has 0 unspecified atom stereocenters. The first-order valence-corrected chi connectivity index (χ1v) is 7.93. The molecule has 7 nitrogen and oxygen atoms in total. The van der Waals surface area contributed by atoms with E-state index in [0.717, 1.165) is 25.0 Å². The van der Waals surface area contributed by atoms with Crippen molar-refractivity contribution in [2.45, 2.75) is 32.7 Å². The summed E-state index contributed by atoms with van der Waals surface area (Å²) < 4.78 is 4.83. The molecule has 1 aromatic heterocycles. The molecule has 0 radical (unpaired) electrons. The van der Waals surface area contributed by atoms with Gasteiger partial charge in [-0.25, -0.2) is 14.8 Å². The van der Waals surface area contributed by atoms with Crippen molar-refractivity contribution < 1.29 is 14.3 Å². The van der Waals surface area contributed by atoms with Gasteiger partial charge < -0.3 is 15.0 Å². The van der Waals surface area contributed by atoms with Crippen LogP contribution >= 0.6 is 0 Å². The number of carbonyl (C=O) groups excluding carboxylic acids is 2. The van der Waals surface area contributed by atoms with Crippen molar-refractivity contribution >= 4 is 12.0 Å². The maximum Gasteiger partial charge on any atom is 0.317 e. The van der Waals surface area contributed by atoms with E-state index in [0.29, 0.717) is 25.5 Å². The normalized spacial score (nSPS) is 21.8. The van der Waals surface area contributed by atoms with Crippen LogP contribution < -0.4 is 5.32 Å². The molecule has 0 bridgehead atoms. The number of ether oxygens (including phenoxy) is 1. The van der Waals surface area contributed by atoms with Crippen LogP contribution in [0.15, 0.2) is 12.3 Å². The summed E-state index contributed by atoms with van der Waals surface area (Å²) in [5, 5.41) is 2.89. The van der Waals surface area contributed by atoms with E-state index in [1.807, 2.05) is 11.8 Å². The van der Waals surface area contributed by atoms with Crippen LogP contribution in [-0.4, -0.2) is 47.1 Å². The standard InChI is InChI=1S/C16H22N4O3/c1-11-17-6-3-12(19-11)10-18-15(22)20-7-4-16(5-8-20)9-13(16)14(21)23-2/h3,6,13H,4-5,7-10H2,1-2H3,(H,18,22)/t13-/m1/s1. The molecule has 1 saturated carbocycles. The average Bonchev–Trinajstić information content (AvgIpc) is 3.26. The minimum Gasteiger partial charge on any atom is -0.469 e. The van der Waals surface area contributed by atoms with Crippen LogP contribution in [0.25, 0.3) is 0 Å². The fourth-order valence-corrected chi connectivity index (χ4v) is 3.41. The Kier molecular flexibility index (Phi) is 4.19. The Hall–Kier alpha value is -2.18. The number of hydrogen-bond donors (Lipinski definition) is 1. The molecule has 124 valence electrons. The highest BCUT2D eigenvalue weighted by atomic mass is 16.5. The third-order valence-electron chi connectivity index (χ3n) is 4.98. The van der Waals surface area contributed by atoms with E-state index in [1.165, 1.54) is 7.11 Å². The van der Waals surface area contributed by atoms with Crippen molar-refractivity contribution in [2.75, 3.05) is 20.2 Å². The van der Waals surface area contributed by atoms with Gasteiger partial charge in [0, 0.05) is 19.3 Å². The minimum atomic E-state index is -0.109. The van der Waals surface area contributed by atoms with Crippen LogP contribution in [0.2, 0.25) is 0 Å². The Labute approximate surface area is 135 Å². The highest BCUT2D eigenvalue weighted by molar-refractivity contribution is 5.77. The SMILES string of the molecule is COC(=O)[C@H]1CC12CCN(C(=O)NCc1ccnc(C)n1)CC2. The molecule has 2 heterocycles. The van der Waals surface area contributed by atoms with Gasteiger partial charge in [-0.3, -0.25) is 4.79 Å². The van der Waals surface area contributed by atoms with Crippen molar-refractivity contribution in [3.8, 4) is 0 Å². The molecule has 2 aliphatic rings. The van der Waals surface area contributed by atoms with Gasteiger partial charge >= 0.3 is 12.0 Å². The highest BCUT2D eigenvalue weighted by Gasteiger charge is 2.59. The van der Waals surface area contributed by atoms with Crippen molar-refractivity contribution in [1.82, 2.24) is 20.2 Å². The summed E-state index contributed by atoms with van der Waals surface area (Å²) >= 11 is 0. The number of aryl methyl sites for hydroxylation is 1. The number of hydrogen-bond acceptors (Lipinski definition) is 5. The first-order chi connectivity index (χ1) is 11.0. The van der Waals surface area contributed by atoms with Gasteiger partial charge in [-0.15, -0.1) is 0 Å². The van der Waals surface area contributed by atoms with Gasteiger partial charge in [0.1, 0.15) is 5.82 Å².